The van der Waals surface area contributed by atoms with Gasteiger partial charge in [-0.3, -0.25) is 18.9 Å². The Morgan fingerprint density at radius 3 is 2.50 bits per heavy atom. The van der Waals surface area contributed by atoms with Crippen LogP contribution in [0.25, 0.3) is 16.9 Å². The molecule has 0 spiro atoms. The van der Waals surface area contributed by atoms with Crippen molar-refractivity contribution in [3.05, 3.63) is 94.7 Å². The van der Waals surface area contributed by atoms with Gasteiger partial charge in [0.1, 0.15) is 11.3 Å². The van der Waals surface area contributed by atoms with E-state index in [4.69, 9.17) is 0 Å². The minimum absolute atomic E-state index is 0.173. The van der Waals surface area contributed by atoms with Crippen LogP contribution in [-0.4, -0.2) is 42.9 Å². The standard InChI is InChI=1S/C25H24N4O3/c1-16-22(25(31)32)19(14-28(16)13-17-8-4-2-5-9-17)20-15-29-21(24(30)27-20)12-26-23(29)18-10-6-3-7-11-18/h2-12,15-16,19,22H,13-14H2,1H3,(H,27,30)(H,31,32). The molecule has 4 aromatic rings. The van der Waals surface area contributed by atoms with Gasteiger partial charge in [-0.15, -0.1) is 0 Å². The van der Waals surface area contributed by atoms with Gasteiger partial charge in [-0.2, -0.15) is 0 Å². The monoisotopic (exact) mass is 428 g/mol. The van der Waals surface area contributed by atoms with Crippen molar-refractivity contribution < 1.29 is 9.90 Å². The number of nitrogens with zero attached hydrogens (tertiary/aromatic N) is 3. The molecule has 162 valence electrons. The van der Waals surface area contributed by atoms with Crippen molar-refractivity contribution in [2.75, 3.05) is 6.54 Å². The number of carboxylic acids is 1. The molecular formula is C25H24N4O3. The van der Waals surface area contributed by atoms with E-state index in [1.165, 1.54) is 0 Å². The number of hydrogen-bond acceptors (Lipinski definition) is 4. The van der Waals surface area contributed by atoms with Crippen LogP contribution in [0, 0.1) is 5.92 Å². The van der Waals surface area contributed by atoms with Gasteiger partial charge in [-0.05, 0) is 12.5 Å². The van der Waals surface area contributed by atoms with E-state index in [-0.39, 0.29) is 17.5 Å². The number of carboxylic acid groups (broad SMARTS) is 1. The van der Waals surface area contributed by atoms with Crippen molar-refractivity contribution >= 4 is 11.5 Å². The van der Waals surface area contributed by atoms with E-state index in [1.54, 1.807) is 10.6 Å². The zero-order valence-corrected chi connectivity index (χ0v) is 17.7. The summed E-state index contributed by atoms with van der Waals surface area (Å²) in [6.45, 7) is 3.16. The molecule has 0 amide bonds. The Balaban J connectivity index is 1.55. The second kappa shape index (κ2) is 8.09. The Morgan fingerprint density at radius 1 is 1.12 bits per heavy atom. The lowest BCUT2D eigenvalue weighted by Gasteiger charge is -2.22. The Labute approximate surface area is 185 Å². The van der Waals surface area contributed by atoms with Gasteiger partial charge in [-0.1, -0.05) is 60.7 Å². The number of aromatic nitrogens is 3. The SMILES string of the molecule is CC1C(C(=O)O)C(c2cn3c(-c4ccccc4)ncc3c(=O)[nH]2)CN1Cc1ccccc1. The predicted octanol–water partition coefficient (Wildman–Crippen LogP) is 3.38. The molecule has 7 heteroatoms. The van der Waals surface area contributed by atoms with Gasteiger partial charge in [0.15, 0.2) is 0 Å². The fourth-order valence-electron chi connectivity index (χ4n) is 4.81. The Hall–Kier alpha value is -3.71. The van der Waals surface area contributed by atoms with Gasteiger partial charge in [-0.25, -0.2) is 4.98 Å². The molecule has 7 nitrogen and oxygen atoms in total. The van der Waals surface area contributed by atoms with E-state index in [1.807, 2.05) is 73.8 Å². The van der Waals surface area contributed by atoms with Crippen LogP contribution in [0.2, 0.25) is 0 Å². The van der Waals surface area contributed by atoms with Crippen LogP contribution in [0.1, 0.15) is 24.1 Å². The summed E-state index contributed by atoms with van der Waals surface area (Å²) in [5.74, 6) is -1.16. The highest BCUT2D eigenvalue weighted by molar-refractivity contribution is 5.73. The number of nitrogens with one attached hydrogen (secondary N) is 1. The first kappa shape index (κ1) is 20.2. The number of hydrogen-bond donors (Lipinski definition) is 2. The van der Waals surface area contributed by atoms with Crippen molar-refractivity contribution in [2.24, 2.45) is 5.92 Å². The first-order valence-corrected chi connectivity index (χ1v) is 10.7. The molecule has 0 radical (unpaired) electrons. The lowest BCUT2D eigenvalue weighted by Crippen LogP contribution is -2.33. The fourth-order valence-corrected chi connectivity index (χ4v) is 4.81. The summed E-state index contributed by atoms with van der Waals surface area (Å²) in [5, 5.41) is 10.0. The van der Waals surface area contributed by atoms with Crippen molar-refractivity contribution in [1.29, 1.82) is 0 Å². The van der Waals surface area contributed by atoms with Crippen molar-refractivity contribution in [2.45, 2.75) is 25.4 Å². The number of aliphatic carboxylic acids is 1. The topological polar surface area (TPSA) is 90.7 Å². The molecule has 2 aromatic heterocycles. The normalized spacial score (nSPS) is 21.2. The summed E-state index contributed by atoms with van der Waals surface area (Å²) >= 11 is 0. The highest BCUT2D eigenvalue weighted by Crippen LogP contribution is 2.37. The molecule has 1 saturated heterocycles. The first-order chi connectivity index (χ1) is 15.5. The molecule has 0 saturated carbocycles. The van der Waals surface area contributed by atoms with Gasteiger partial charge >= 0.3 is 5.97 Å². The number of fused-ring (bicyclic) bond motifs is 1. The summed E-state index contributed by atoms with van der Waals surface area (Å²) < 4.78 is 1.77. The van der Waals surface area contributed by atoms with Gasteiger partial charge in [0.25, 0.3) is 5.56 Å². The third-order valence-corrected chi connectivity index (χ3v) is 6.46. The molecule has 0 bridgehead atoms. The van der Waals surface area contributed by atoms with Crippen LogP contribution in [0.4, 0.5) is 0 Å². The predicted molar refractivity (Wildman–Crippen MR) is 121 cm³/mol. The molecule has 3 unspecified atom stereocenters. The van der Waals surface area contributed by atoms with E-state index in [2.05, 4.69) is 14.9 Å². The Morgan fingerprint density at radius 2 is 1.81 bits per heavy atom. The highest BCUT2D eigenvalue weighted by Gasteiger charge is 2.45. The van der Waals surface area contributed by atoms with E-state index >= 15 is 0 Å². The molecule has 5 rings (SSSR count). The van der Waals surface area contributed by atoms with Crippen molar-refractivity contribution in [3.63, 3.8) is 0 Å². The number of benzene rings is 2. The first-order valence-electron chi connectivity index (χ1n) is 10.7. The summed E-state index contributed by atoms with van der Waals surface area (Å²) in [6, 6.07) is 19.5. The molecule has 0 aliphatic carbocycles. The molecule has 3 heterocycles. The average Bonchev–Trinajstić information content (AvgIpc) is 3.37. The number of carbonyl (C=O) groups is 1. The zero-order chi connectivity index (χ0) is 22.2. The van der Waals surface area contributed by atoms with Crippen LogP contribution in [0.5, 0.6) is 0 Å². The number of rotatable bonds is 5. The molecule has 1 aliphatic rings. The molecule has 3 atom stereocenters. The lowest BCUT2D eigenvalue weighted by atomic mass is 9.89. The van der Waals surface area contributed by atoms with Crippen molar-refractivity contribution in [1.82, 2.24) is 19.3 Å². The largest absolute Gasteiger partial charge is 0.481 e. The summed E-state index contributed by atoms with van der Waals surface area (Å²) in [4.78, 5) is 34.7. The third kappa shape index (κ3) is 3.50. The maximum Gasteiger partial charge on any atom is 0.308 e. The highest BCUT2D eigenvalue weighted by atomic mass is 16.4. The minimum Gasteiger partial charge on any atom is -0.481 e. The summed E-state index contributed by atoms with van der Waals surface area (Å²) in [5.41, 5.74) is 2.81. The summed E-state index contributed by atoms with van der Waals surface area (Å²) in [6.07, 6.45) is 3.39. The number of imidazole rings is 1. The van der Waals surface area contributed by atoms with Crippen LogP contribution in [0.3, 0.4) is 0 Å². The van der Waals surface area contributed by atoms with E-state index < -0.39 is 11.9 Å². The molecule has 1 fully saturated rings. The van der Waals surface area contributed by atoms with E-state index in [0.29, 0.717) is 30.1 Å². The molecular weight excluding hydrogens is 404 g/mol. The van der Waals surface area contributed by atoms with Crippen LogP contribution in [0.15, 0.2) is 77.9 Å². The third-order valence-electron chi connectivity index (χ3n) is 6.46. The quantitative estimate of drug-likeness (QED) is 0.509. The molecule has 32 heavy (non-hydrogen) atoms. The number of likely N-dealkylation sites (tertiary alicyclic amines) is 1. The number of H-pyrrole nitrogens is 1. The van der Waals surface area contributed by atoms with Crippen molar-refractivity contribution in [3.8, 4) is 11.4 Å². The second-order valence-corrected chi connectivity index (χ2v) is 8.37. The molecule has 2 aromatic carbocycles. The van der Waals surface area contributed by atoms with E-state index in [0.717, 1.165) is 11.1 Å². The van der Waals surface area contributed by atoms with Gasteiger partial charge in [0, 0.05) is 42.5 Å². The van der Waals surface area contributed by atoms with Gasteiger partial charge < -0.3 is 10.1 Å². The Bertz CT molecular complexity index is 1310. The van der Waals surface area contributed by atoms with Crippen LogP contribution < -0.4 is 5.56 Å². The molecule has 2 N–H and O–H groups in total. The zero-order valence-electron chi connectivity index (χ0n) is 17.7. The maximum absolute atomic E-state index is 12.9. The van der Waals surface area contributed by atoms with E-state index in [9.17, 15) is 14.7 Å². The number of aromatic amines is 1. The molecule has 1 aliphatic heterocycles. The second-order valence-electron chi connectivity index (χ2n) is 8.37. The lowest BCUT2D eigenvalue weighted by molar-refractivity contribution is -0.142. The Kier molecular flexibility index (Phi) is 5.11. The van der Waals surface area contributed by atoms with Gasteiger partial charge in [0.2, 0.25) is 0 Å². The van der Waals surface area contributed by atoms with Gasteiger partial charge in [0.05, 0.1) is 12.1 Å². The minimum atomic E-state index is -0.854. The fraction of sp³-hybridized carbons (Fsp3) is 0.240. The average molecular weight is 428 g/mol. The smallest absolute Gasteiger partial charge is 0.308 e. The van der Waals surface area contributed by atoms with Crippen LogP contribution >= 0.6 is 0 Å². The van der Waals surface area contributed by atoms with Crippen LogP contribution in [-0.2, 0) is 11.3 Å². The summed E-state index contributed by atoms with van der Waals surface area (Å²) in [7, 11) is 0. The maximum atomic E-state index is 12.9.